The zero-order chi connectivity index (χ0) is 14.3. The Balaban J connectivity index is 2.04. The summed E-state index contributed by atoms with van der Waals surface area (Å²) in [6.45, 7) is 0. The molecule has 0 atom stereocenters. The summed E-state index contributed by atoms with van der Waals surface area (Å²) >= 11 is 0. The summed E-state index contributed by atoms with van der Waals surface area (Å²) in [4.78, 5) is 12.1. The number of carbonyl (C=O) groups is 1. The smallest absolute Gasteiger partial charge is 0.231 e. The SMILES string of the molecule is O=C1/C(=C/c2cc(O)c(O)cc2O)Oc2ccccc21. The summed E-state index contributed by atoms with van der Waals surface area (Å²) in [5.41, 5.74) is 0.623. The molecule has 0 saturated carbocycles. The Morgan fingerprint density at radius 1 is 0.950 bits per heavy atom. The minimum absolute atomic E-state index is 0.0478. The second-order valence-corrected chi connectivity index (χ2v) is 4.34. The molecule has 0 saturated heterocycles. The van der Waals surface area contributed by atoms with Crippen LogP contribution >= 0.6 is 0 Å². The van der Waals surface area contributed by atoms with Crippen LogP contribution in [0.15, 0.2) is 42.2 Å². The zero-order valence-electron chi connectivity index (χ0n) is 10.2. The number of phenols is 3. The molecular weight excluding hydrogens is 260 g/mol. The third kappa shape index (κ3) is 1.85. The molecule has 100 valence electrons. The molecule has 0 bridgehead atoms. The second kappa shape index (κ2) is 4.31. The molecule has 1 heterocycles. The van der Waals surface area contributed by atoms with Gasteiger partial charge in [-0.15, -0.1) is 0 Å². The predicted octanol–water partition coefficient (Wildman–Crippen LogP) is 2.42. The fraction of sp³-hybridized carbons (Fsp3) is 0. The van der Waals surface area contributed by atoms with Gasteiger partial charge in [-0.3, -0.25) is 4.79 Å². The molecule has 3 N–H and O–H groups in total. The van der Waals surface area contributed by atoms with Crippen LogP contribution in [0.4, 0.5) is 0 Å². The zero-order valence-corrected chi connectivity index (χ0v) is 10.2. The quantitative estimate of drug-likeness (QED) is 0.421. The maximum Gasteiger partial charge on any atom is 0.231 e. The van der Waals surface area contributed by atoms with E-state index < -0.39 is 11.5 Å². The highest BCUT2D eigenvalue weighted by molar-refractivity contribution is 6.14. The molecule has 20 heavy (non-hydrogen) atoms. The molecule has 1 aliphatic rings. The topological polar surface area (TPSA) is 87.0 Å². The van der Waals surface area contributed by atoms with Crippen molar-refractivity contribution in [2.24, 2.45) is 0 Å². The van der Waals surface area contributed by atoms with Gasteiger partial charge in [-0.2, -0.15) is 0 Å². The van der Waals surface area contributed by atoms with Crippen LogP contribution in [-0.2, 0) is 0 Å². The van der Waals surface area contributed by atoms with Gasteiger partial charge in [0.15, 0.2) is 17.3 Å². The number of allylic oxidation sites excluding steroid dienone is 1. The van der Waals surface area contributed by atoms with E-state index in [1.54, 1.807) is 24.3 Å². The van der Waals surface area contributed by atoms with Crippen molar-refractivity contribution < 1.29 is 24.9 Å². The number of carbonyl (C=O) groups excluding carboxylic acids is 1. The van der Waals surface area contributed by atoms with Gasteiger partial charge in [-0.05, 0) is 24.3 Å². The summed E-state index contributed by atoms with van der Waals surface area (Å²) in [5.74, 6) is -0.894. The minimum atomic E-state index is -0.438. The highest BCUT2D eigenvalue weighted by Gasteiger charge is 2.27. The van der Waals surface area contributed by atoms with Crippen molar-refractivity contribution in [2.75, 3.05) is 0 Å². The van der Waals surface area contributed by atoms with E-state index in [1.165, 1.54) is 6.08 Å². The molecule has 3 rings (SSSR count). The van der Waals surface area contributed by atoms with Gasteiger partial charge in [0.2, 0.25) is 5.78 Å². The van der Waals surface area contributed by atoms with Crippen molar-refractivity contribution in [2.45, 2.75) is 0 Å². The van der Waals surface area contributed by atoms with E-state index in [0.29, 0.717) is 11.3 Å². The van der Waals surface area contributed by atoms with Crippen LogP contribution in [0.5, 0.6) is 23.0 Å². The monoisotopic (exact) mass is 270 g/mol. The number of aromatic hydroxyl groups is 3. The van der Waals surface area contributed by atoms with Crippen LogP contribution in [0, 0.1) is 0 Å². The Morgan fingerprint density at radius 2 is 1.65 bits per heavy atom. The van der Waals surface area contributed by atoms with E-state index in [-0.39, 0.29) is 22.9 Å². The van der Waals surface area contributed by atoms with Crippen LogP contribution in [0.1, 0.15) is 15.9 Å². The first kappa shape index (κ1) is 12.1. The Bertz CT molecular complexity index is 746. The normalized spacial score (nSPS) is 15.2. The van der Waals surface area contributed by atoms with E-state index in [2.05, 4.69) is 0 Å². The predicted molar refractivity (Wildman–Crippen MR) is 70.8 cm³/mol. The Morgan fingerprint density at radius 3 is 2.40 bits per heavy atom. The third-order valence-electron chi connectivity index (χ3n) is 2.99. The number of para-hydroxylation sites is 1. The molecule has 0 amide bonds. The van der Waals surface area contributed by atoms with Crippen molar-refractivity contribution in [3.8, 4) is 23.0 Å². The maximum absolute atomic E-state index is 12.1. The molecule has 0 unspecified atom stereocenters. The molecule has 2 aromatic rings. The number of hydrogen-bond acceptors (Lipinski definition) is 5. The van der Waals surface area contributed by atoms with Crippen LogP contribution < -0.4 is 4.74 Å². The van der Waals surface area contributed by atoms with Crippen molar-refractivity contribution >= 4 is 11.9 Å². The van der Waals surface area contributed by atoms with Crippen LogP contribution in [0.2, 0.25) is 0 Å². The summed E-state index contributed by atoms with van der Waals surface area (Å²) in [7, 11) is 0. The number of phenolic OH excluding ortho intramolecular Hbond substituents is 3. The van der Waals surface area contributed by atoms with Gasteiger partial charge in [0.1, 0.15) is 11.5 Å². The number of benzene rings is 2. The van der Waals surface area contributed by atoms with Gasteiger partial charge < -0.3 is 20.1 Å². The van der Waals surface area contributed by atoms with Gasteiger partial charge >= 0.3 is 0 Å². The van der Waals surface area contributed by atoms with E-state index in [9.17, 15) is 20.1 Å². The van der Waals surface area contributed by atoms with Crippen LogP contribution in [0.3, 0.4) is 0 Å². The lowest BCUT2D eigenvalue weighted by molar-refractivity contribution is 0.101. The van der Waals surface area contributed by atoms with Gasteiger partial charge in [0.05, 0.1) is 5.56 Å². The van der Waals surface area contributed by atoms with E-state index in [0.717, 1.165) is 12.1 Å². The molecule has 2 aromatic carbocycles. The molecule has 0 fully saturated rings. The molecule has 0 aromatic heterocycles. The Labute approximate surface area is 114 Å². The number of fused-ring (bicyclic) bond motifs is 1. The molecule has 0 aliphatic carbocycles. The summed E-state index contributed by atoms with van der Waals surface area (Å²) < 4.78 is 5.40. The Kier molecular flexibility index (Phi) is 2.61. The summed E-state index contributed by atoms with van der Waals surface area (Å²) in [5, 5.41) is 28.4. The lowest BCUT2D eigenvalue weighted by Crippen LogP contribution is -1.98. The molecule has 5 nitrogen and oxygen atoms in total. The van der Waals surface area contributed by atoms with Crippen molar-refractivity contribution in [3.05, 3.63) is 53.3 Å². The lowest BCUT2D eigenvalue weighted by atomic mass is 10.1. The average molecular weight is 270 g/mol. The van der Waals surface area contributed by atoms with Gasteiger partial charge in [0.25, 0.3) is 0 Å². The lowest BCUT2D eigenvalue weighted by Gasteiger charge is -2.04. The molecule has 0 radical (unpaired) electrons. The molecular formula is C15H10O5. The highest BCUT2D eigenvalue weighted by atomic mass is 16.5. The van der Waals surface area contributed by atoms with E-state index >= 15 is 0 Å². The van der Waals surface area contributed by atoms with Crippen LogP contribution in [0.25, 0.3) is 6.08 Å². The second-order valence-electron chi connectivity index (χ2n) is 4.34. The molecule has 1 aliphatic heterocycles. The van der Waals surface area contributed by atoms with Crippen molar-refractivity contribution in [3.63, 3.8) is 0 Å². The number of rotatable bonds is 1. The summed E-state index contributed by atoms with van der Waals surface area (Å²) in [6.07, 6.45) is 1.32. The Hall–Kier alpha value is -2.95. The number of Topliss-reactive ketones (excluding diaryl/α,β-unsaturated/α-hetero) is 1. The molecule has 5 heteroatoms. The first-order chi connectivity index (χ1) is 9.56. The van der Waals surface area contributed by atoms with E-state index in [1.807, 2.05) is 0 Å². The first-order valence-electron chi connectivity index (χ1n) is 5.84. The third-order valence-corrected chi connectivity index (χ3v) is 2.99. The van der Waals surface area contributed by atoms with Crippen molar-refractivity contribution in [1.29, 1.82) is 0 Å². The first-order valence-corrected chi connectivity index (χ1v) is 5.84. The highest BCUT2D eigenvalue weighted by Crippen LogP contribution is 2.36. The molecule has 0 spiro atoms. The largest absolute Gasteiger partial charge is 0.507 e. The minimum Gasteiger partial charge on any atom is -0.507 e. The van der Waals surface area contributed by atoms with Crippen molar-refractivity contribution in [1.82, 2.24) is 0 Å². The maximum atomic E-state index is 12.1. The van der Waals surface area contributed by atoms with Crippen LogP contribution in [-0.4, -0.2) is 21.1 Å². The number of ketones is 1. The standard InChI is InChI=1S/C15H10O5/c16-10-7-12(18)11(17)5-8(10)6-14-15(19)9-3-1-2-4-13(9)20-14/h1-7,16-18H/b14-6-. The van der Waals surface area contributed by atoms with E-state index in [4.69, 9.17) is 4.74 Å². The number of hydrogen-bond donors (Lipinski definition) is 3. The fourth-order valence-corrected chi connectivity index (χ4v) is 1.97. The van der Waals surface area contributed by atoms with Gasteiger partial charge in [0, 0.05) is 11.6 Å². The van der Waals surface area contributed by atoms with Gasteiger partial charge in [-0.1, -0.05) is 12.1 Å². The van der Waals surface area contributed by atoms with Gasteiger partial charge in [-0.25, -0.2) is 0 Å². The summed E-state index contributed by atoms with van der Waals surface area (Å²) in [6, 6.07) is 8.94. The average Bonchev–Trinajstić information content (AvgIpc) is 2.73. The fourth-order valence-electron chi connectivity index (χ4n) is 1.97. The number of ether oxygens (including phenoxy) is 1.